The first kappa shape index (κ1) is 15.6. The Hall–Kier alpha value is -2.89. The van der Waals surface area contributed by atoms with E-state index in [1.807, 2.05) is 53.4 Å². The molecule has 3 aromatic rings. The van der Waals surface area contributed by atoms with Crippen molar-refractivity contribution in [3.05, 3.63) is 66.0 Å². The topological polar surface area (TPSA) is 64.7 Å². The van der Waals surface area contributed by atoms with E-state index in [0.717, 1.165) is 43.1 Å². The molecule has 1 N–H and O–H groups in total. The first-order valence-corrected chi connectivity index (χ1v) is 8.70. The molecule has 1 atom stereocenters. The molecule has 0 radical (unpaired) electrons. The molecular weight excluding hydrogens is 314 g/mol. The van der Waals surface area contributed by atoms with Gasteiger partial charge >= 0.3 is 0 Å². The van der Waals surface area contributed by atoms with Gasteiger partial charge in [0.25, 0.3) is 5.91 Å². The number of nitrogens with one attached hydrogen (secondary N) is 1. The average molecular weight is 335 g/mol. The molecule has 6 nitrogen and oxygen atoms in total. The fourth-order valence-corrected chi connectivity index (χ4v) is 3.35. The monoisotopic (exact) mass is 335 g/mol. The number of carbonyl (C=O) groups is 1. The Balaban J connectivity index is 1.49. The van der Waals surface area contributed by atoms with Crippen LogP contribution >= 0.6 is 0 Å². The molecular formula is C19H21N5O. The minimum absolute atomic E-state index is 0.0337. The number of amides is 1. The van der Waals surface area contributed by atoms with Gasteiger partial charge in [-0.1, -0.05) is 13.0 Å². The van der Waals surface area contributed by atoms with Crippen LogP contribution in [0.25, 0.3) is 5.69 Å². The number of nitrogens with zero attached hydrogens (tertiary/aromatic N) is 4. The maximum absolute atomic E-state index is 12.7. The van der Waals surface area contributed by atoms with Crippen molar-refractivity contribution in [3.63, 3.8) is 0 Å². The summed E-state index contributed by atoms with van der Waals surface area (Å²) in [6.07, 6.45) is 6.54. The first-order valence-electron chi connectivity index (χ1n) is 8.70. The van der Waals surface area contributed by atoms with E-state index in [0.29, 0.717) is 5.56 Å². The largest absolute Gasteiger partial charge is 0.347 e. The van der Waals surface area contributed by atoms with Crippen molar-refractivity contribution >= 4 is 5.91 Å². The maximum atomic E-state index is 12.7. The van der Waals surface area contributed by atoms with Gasteiger partial charge in [0.2, 0.25) is 0 Å². The number of hydrogen-bond donors (Lipinski definition) is 1. The normalized spacial score (nSPS) is 16.4. The molecule has 0 bridgehead atoms. The second kappa shape index (κ2) is 6.55. The molecule has 25 heavy (non-hydrogen) atoms. The predicted octanol–water partition coefficient (Wildman–Crippen LogP) is 2.38. The maximum Gasteiger partial charge on any atom is 0.251 e. The number of rotatable bonds is 4. The van der Waals surface area contributed by atoms with Crippen LogP contribution in [0.3, 0.4) is 0 Å². The van der Waals surface area contributed by atoms with Gasteiger partial charge < -0.3 is 14.5 Å². The second-order valence-corrected chi connectivity index (χ2v) is 6.35. The van der Waals surface area contributed by atoms with Crippen LogP contribution in [0.1, 0.15) is 35.4 Å². The number of carbonyl (C=O) groups excluding carboxylic acids is 1. The lowest BCUT2D eigenvalue weighted by atomic mass is 10.1. The summed E-state index contributed by atoms with van der Waals surface area (Å²) in [5.41, 5.74) is 1.66. The Morgan fingerprint density at radius 1 is 1.24 bits per heavy atom. The molecule has 0 spiro atoms. The van der Waals surface area contributed by atoms with E-state index < -0.39 is 0 Å². The van der Waals surface area contributed by atoms with Gasteiger partial charge in [-0.25, -0.2) is 0 Å². The molecule has 6 heteroatoms. The van der Waals surface area contributed by atoms with Crippen LogP contribution in [0.5, 0.6) is 0 Å². The van der Waals surface area contributed by atoms with Crippen molar-refractivity contribution in [2.45, 2.75) is 38.8 Å². The molecule has 2 aromatic heterocycles. The molecule has 1 aromatic carbocycles. The standard InChI is InChI=1S/C19H21N5O/c1-2-17-21-22-18-9-8-15(13-24(17)18)20-19(25)14-6-5-7-16(12-14)23-10-3-4-11-23/h3-7,10-12,15H,2,8-9,13H2,1H3,(H,20,25)/t15-/m1/s1. The van der Waals surface area contributed by atoms with Gasteiger partial charge in [-0.05, 0) is 36.8 Å². The number of aryl methyl sites for hydroxylation is 2. The van der Waals surface area contributed by atoms with E-state index in [1.54, 1.807) is 0 Å². The van der Waals surface area contributed by atoms with Crippen molar-refractivity contribution in [1.29, 1.82) is 0 Å². The van der Waals surface area contributed by atoms with Crippen molar-refractivity contribution in [2.24, 2.45) is 0 Å². The van der Waals surface area contributed by atoms with Gasteiger partial charge in [-0.3, -0.25) is 4.79 Å². The number of hydrogen-bond acceptors (Lipinski definition) is 3. The summed E-state index contributed by atoms with van der Waals surface area (Å²) in [5.74, 6) is 1.98. The fourth-order valence-electron chi connectivity index (χ4n) is 3.35. The lowest BCUT2D eigenvalue weighted by Crippen LogP contribution is -2.41. The summed E-state index contributed by atoms with van der Waals surface area (Å²) in [7, 11) is 0. The van der Waals surface area contributed by atoms with Crippen LogP contribution in [0.15, 0.2) is 48.8 Å². The number of aromatic nitrogens is 4. The third-order valence-corrected chi connectivity index (χ3v) is 4.69. The van der Waals surface area contributed by atoms with E-state index in [9.17, 15) is 4.79 Å². The van der Waals surface area contributed by atoms with Crippen LogP contribution in [0, 0.1) is 0 Å². The lowest BCUT2D eigenvalue weighted by molar-refractivity contribution is 0.0927. The Morgan fingerprint density at radius 2 is 2.08 bits per heavy atom. The molecule has 1 aliphatic heterocycles. The Labute approximate surface area is 146 Å². The quantitative estimate of drug-likeness (QED) is 0.796. The van der Waals surface area contributed by atoms with Crippen molar-refractivity contribution in [3.8, 4) is 5.69 Å². The van der Waals surface area contributed by atoms with Crippen LogP contribution in [0.4, 0.5) is 0 Å². The minimum Gasteiger partial charge on any atom is -0.347 e. The highest BCUT2D eigenvalue weighted by atomic mass is 16.1. The summed E-state index contributed by atoms with van der Waals surface area (Å²) in [6, 6.07) is 11.7. The summed E-state index contributed by atoms with van der Waals surface area (Å²) < 4.78 is 4.14. The van der Waals surface area contributed by atoms with Crippen LogP contribution in [0.2, 0.25) is 0 Å². The molecule has 1 aliphatic rings. The molecule has 0 fully saturated rings. The zero-order valence-electron chi connectivity index (χ0n) is 14.2. The molecule has 4 rings (SSSR count). The fraction of sp³-hybridized carbons (Fsp3) is 0.316. The summed E-state index contributed by atoms with van der Waals surface area (Å²) in [4.78, 5) is 12.7. The van der Waals surface area contributed by atoms with Gasteiger partial charge in [0.15, 0.2) is 0 Å². The third-order valence-electron chi connectivity index (χ3n) is 4.69. The van der Waals surface area contributed by atoms with Gasteiger partial charge in [0.05, 0.1) is 0 Å². The van der Waals surface area contributed by atoms with E-state index in [1.165, 1.54) is 0 Å². The Bertz CT molecular complexity index is 868. The van der Waals surface area contributed by atoms with E-state index >= 15 is 0 Å². The molecule has 0 saturated heterocycles. The predicted molar refractivity (Wildman–Crippen MR) is 94.7 cm³/mol. The molecule has 3 heterocycles. The molecule has 0 unspecified atom stereocenters. The van der Waals surface area contributed by atoms with E-state index in [2.05, 4.69) is 27.0 Å². The highest BCUT2D eigenvalue weighted by Crippen LogP contribution is 2.17. The minimum atomic E-state index is -0.0337. The molecule has 0 aliphatic carbocycles. The SMILES string of the molecule is CCc1nnc2n1C[C@H](NC(=O)c1cccc(-n3cccc3)c1)CC2. The second-order valence-electron chi connectivity index (χ2n) is 6.35. The Kier molecular flexibility index (Phi) is 4.09. The zero-order chi connectivity index (χ0) is 17.2. The van der Waals surface area contributed by atoms with Crippen LogP contribution < -0.4 is 5.32 Å². The average Bonchev–Trinajstić information content (AvgIpc) is 3.31. The van der Waals surface area contributed by atoms with Gasteiger partial charge in [-0.15, -0.1) is 10.2 Å². The zero-order valence-corrected chi connectivity index (χ0v) is 14.2. The molecule has 0 saturated carbocycles. The summed E-state index contributed by atoms with van der Waals surface area (Å²) >= 11 is 0. The third kappa shape index (κ3) is 3.07. The highest BCUT2D eigenvalue weighted by molar-refractivity contribution is 5.94. The number of fused-ring (bicyclic) bond motifs is 1. The molecule has 1 amide bonds. The van der Waals surface area contributed by atoms with Gasteiger partial charge in [0, 0.05) is 49.1 Å². The van der Waals surface area contributed by atoms with Crippen molar-refractivity contribution in [2.75, 3.05) is 0 Å². The number of benzene rings is 1. The summed E-state index contributed by atoms with van der Waals surface area (Å²) in [5, 5.41) is 11.6. The Morgan fingerprint density at radius 3 is 2.88 bits per heavy atom. The highest BCUT2D eigenvalue weighted by Gasteiger charge is 2.23. The van der Waals surface area contributed by atoms with Crippen molar-refractivity contribution in [1.82, 2.24) is 24.6 Å². The summed E-state index contributed by atoms with van der Waals surface area (Å²) in [6.45, 7) is 2.82. The van der Waals surface area contributed by atoms with Crippen molar-refractivity contribution < 1.29 is 4.79 Å². The van der Waals surface area contributed by atoms with E-state index in [4.69, 9.17) is 0 Å². The van der Waals surface area contributed by atoms with E-state index in [-0.39, 0.29) is 11.9 Å². The lowest BCUT2D eigenvalue weighted by Gasteiger charge is -2.25. The first-order chi connectivity index (χ1) is 12.2. The van der Waals surface area contributed by atoms with Crippen LogP contribution in [-0.2, 0) is 19.4 Å². The van der Waals surface area contributed by atoms with Gasteiger partial charge in [0.1, 0.15) is 11.6 Å². The van der Waals surface area contributed by atoms with Gasteiger partial charge in [-0.2, -0.15) is 0 Å². The smallest absolute Gasteiger partial charge is 0.251 e. The molecule has 128 valence electrons. The van der Waals surface area contributed by atoms with Crippen LogP contribution in [-0.4, -0.2) is 31.3 Å².